The number of nitrogens with zero attached hydrogens (tertiary/aromatic N) is 3. The second-order valence-corrected chi connectivity index (χ2v) is 19.1. The largest absolute Gasteiger partial charge is 0.462 e. The lowest BCUT2D eigenvalue weighted by molar-refractivity contribution is -0.151. The van der Waals surface area contributed by atoms with Gasteiger partial charge in [0.1, 0.15) is 6.10 Å². The van der Waals surface area contributed by atoms with Crippen LogP contribution in [-0.2, 0) is 14.0 Å². The molecule has 0 unspecified atom stereocenters. The average molecular weight is 654 g/mol. The minimum Gasteiger partial charge on any atom is -0.462 e. The number of unbranched alkanes of at least 4 members (excludes halogenated alkanes) is 8. The first-order chi connectivity index (χ1) is 21.9. The van der Waals surface area contributed by atoms with Gasteiger partial charge in [-0.3, -0.25) is 14.6 Å². The van der Waals surface area contributed by atoms with E-state index in [4.69, 9.17) is 14.9 Å². The van der Waals surface area contributed by atoms with Crippen molar-refractivity contribution in [3.8, 4) is 0 Å². The minimum absolute atomic E-state index is 0.0287. The summed E-state index contributed by atoms with van der Waals surface area (Å²) >= 11 is 0. The molecule has 0 spiro atoms. The highest BCUT2D eigenvalue weighted by atomic mass is 28.4. The zero-order valence-electron chi connectivity index (χ0n) is 29.3. The number of H-pyrrole nitrogens is 1. The Bertz CT molecular complexity index is 1390. The molecule has 0 saturated heterocycles. The lowest BCUT2D eigenvalue weighted by Gasteiger charge is -2.37. The summed E-state index contributed by atoms with van der Waals surface area (Å²) in [6, 6.07) is -0.250. The van der Waals surface area contributed by atoms with Gasteiger partial charge < -0.3 is 19.5 Å². The second-order valence-electron chi connectivity index (χ2n) is 14.3. The van der Waals surface area contributed by atoms with E-state index in [0.29, 0.717) is 25.1 Å². The third-order valence-corrected chi connectivity index (χ3v) is 14.1. The van der Waals surface area contributed by atoms with E-state index in [1.807, 2.05) is 4.57 Å². The number of nitrogens with one attached hydrogen (secondary N) is 1. The molecule has 0 aromatic carbocycles. The Labute approximate surface area is 277 Å². The van der Waals surface area contributed by atoms with Gasteiger partial charge in [-0.25, -0.2) is 4.98 Å². The van der Waals surface area contributed by atoms with Crippen LogP contribution in [0.25, 0.3) is 11.2 Å². The molecule has 46 heavy (non-hydrogen) atoms. The third-order valence-electron chi connectivity index (χ3n) is 9.64. The van der Waals surface area contributed by atoms with Gasteiger partial charge in [-0.05, 0) is 62.2 Å². The Morgan fingerprint density at radius 2 is 1.74 bits per heavy atom. The molecule has 1 aliphatic rings. The molecule has 256 valence electrons. The van der Waals surface area contributed by atoms with Crippen LogP contribution in [0.2, 0.25) is 18.1 Å². The lowest BCUT2D eigenvalue weighted by atomic mass is 10.0. The number of hydrogen-bond acceptors (Lipinski definition) is 7. The minimum atomic E-state index is -2.06. The van der Waals surface area contributed by atoms with Crippen LogP contribution in [0.5, 0.6) is 0 Å². The molecule has 3 N–H and O–H groups in total. The average Bonchev–Trinajstić information content (AvgIpc) is 3.53. The zero-order valence-corrected chi connectivity index (χ0v) is 30.3. The fourth-order valence-electron chi connectivity index (χ4n) is 5.65. The number of rotatable bonds is 19. The molecule has 0 radical (unpaired) electrons. The number of carbonyl (C=O) groups is 1. The predicted octanol–water partition coefficient (Wildman–Crippen LogP) is 8.57. The summed E-state index contributed by atoms with van der Waals surface area (Å²) in [6.45, 7) is 18.2. The topological polar surface area (TPSA) is 125 Å². The van der Waals surface area contributed by atoms with E-state index < -0.39 is 8.32 Å². The van der Waals surface area contributed by atoms with E-state index in [-0.39, 0.29) is 46.1 Å². The Morgan fingerprint density at radius 1 is 1.09 bits per heavy atom. The van der Waals surface area contributed by atoms with Crippen molar-refractivity contribution in [3.63, 3.8) is 0 Å². The molecule has 1 saturated carbocycles. The van der Waals surface area contributed by atoms with Gasteiger partial charge in [-0.1, -0.05) is 90.7 Å². The molecule has 1 aliphatic carbocycles. The predicted molar refractivity (Wildman–Crippen MR) is 191 cm³/mol. The molecule has 0 bridgehead atoms. The zero-order chi connectivity index (χ0) is 33.7. The Morgan fingerprint density at radius 3 is 2.41 bits per heavy atom. The number of ether oxygens (including phenoxy) is 1. The van der Waals surface area contributed by atoms with Crippen molar-refractivity contribution in [1.82, 2.24) is 19.5 Å². The van der Waals surface area contributed by atoms with Crippen LogP contribution < -0.4 is 11.3 Å². The molecule has 10 heteroatoms. The van der Waals surface area contributed by atoms with Gasteiger partial charge in [0.15, 0.2) is 19.5 Å². The number of carbonyl (C=O) groups excluding carboxylic acids is 1. The van der Waals surface area contributed by atoms with E-state index >= 15 is 0 Å². The molecule has 2 aromatic heterocycles. The lowest BCUT2D eigenvalue weighted by Crippen LogP contribution is -2.43. The summed E-state index contributed by atoms with van der Waals surface area (Å²) in [6.07, 6.45) is 23.8. The highest BCUT2D eigenvalue weighted by Crippen LogP contribution is 2.44. The standard InChI is InChI=1S/C36H59N5O4Si/c1-8-9-10-11-12-13-14-15-16-17-18-19-20-21-22-23-31(42)45-30-24-29(27(2)28(30)25-44-46(6,7)36(3,4)5)41-26-38-32-33(41)39-35(37)40-34(32)43/h12-13,15-16,26,28-30H,2,8-11,14,17-25H2,1,3-7H3,(H3,37,39,40,43)/b13-12-,16-15-/t28-,29-,30-/m0/s1. The van der Waals surface area contributed by atoms with Crippen molar-refractivity contribution in [2.75, 3.05) is 12.3 Å². The molecular formula is C36H59N5O4Si. The Kier molecular flexibility index (Phi) is 14.5. The van der Waals surface area contributed by atoms with Crippen LogP contribution in [0.4, 0.5) is 5.95 Å². The van der Waals surface area contributed by atoms with Crippen molar-refractivity contribution in [1.29, 1.82) is 0 Å². The summed E-state index contributed by atoms with van der Waals surface area (Å²) in [5.74, 6) is -0.332. The monoisotopic (exact) mass is 653 g/mol. The van der Waals surface area contributed by atoms with Crippen molar-refractivity contribution in [2.45, 2.75) is 141 Å². The Hall–Kier alpha value is -2.98. The molecule has 3 rings (SSSR count). The summed E-state index contributed by atoms with van der Waals surface area (Å²) < 4.78 is 14.6. The summed E-state index contributed by atoms with van der Waals surface area (Å²) in [4.78, 5) is 36.6. The summed E-state index contributed by atoms with van der Waals surface area (Å²) in [5, 5.41) is 0.0444. The molecule has 9 nitrogen and oxygen atoms in total. The van der Waals surface area contributed by atoms with Gasteiger partial charge in [-0.15, -0.1) is 0 Å². The highest BCUT2D eigenvalue weighted by molar-refractivity contribution is 6.74. The second kappa shape index (κ2) is 17.8. The van der Waals surface area contributed by atoms with E-state index in [1.54, 1.807) is 6.33 Å². The maximum absolute atomic E-state index is 13.0. The normalized spacial score (nSPS) is 19.3. The number of nitrogen functional groups attached to an aromatic ring is 1. The van der Waals surface area contributed by atoms with Gasteiger partial charge in [0.2, 0.25) is 5.95 Å². The molecule has 0 amide bonds. The van der Waals surface area contributed by atoms with Crippen molar-refractivity contribution >= 4 is 31.4 Å². The van der Waals surface area contributed by atoms with E-state index in [0.717, 1.165) is 37.7 Å². The molecule has 3 atom stereocenters. The van der Waals surface area contributed by atoms with Crippen LogP contribution in [0.3, 0.4) is 0 Å². The van der Waals surface area contributed by atoms with Crippen LogP contribution in [0.15, 0.2) is 47.6 Å². The number of esters is 1. The number of anilines is 1. The Balaban J connectivity index is 1.50. The number of aromatic amines is 1. The maximum atomic E-state index is 13.0. The number of fused-ring (bicyclic) bond motifs is 1. The number of nitrogens with two attached hydrogens (primary N) is 1. The number of allylic oxidation sites excluding steroid dienone is 4. The van der Waals surface area contributed by atoms with Crippen LogP contribution in [0, 0.1) is 5.92 Å². The maximum Gasteiger partial charge on any atom is 0.306 e. The van der Waals surface area contributed by atoms with Gasteiger partial charge in [-0.2, -0.15) is 4.98 Å². The first kappa shape index (κ1) is 37.5. The quantitative estimate of drug-likeness (QED) is 0.0673. The van der Waals surface area contributed by atoms with E-state index in [1.165, 1.54) is 38.5 Å². The fraction of sp³-hybridized carbons (Fsp3) is 0.667. The van der Waals surface area contributed by atoms with Crippen molar-refractivity contribution < 1.29 is 14.0 Å². The molecule has 2 heterocycles. The highest BCUT2D eigenvalue weighted by Gasteiger charge is 2.44. The molecule has 2 aromatic rings. The molecular weight excluding hydrogens is 595 g/mol. The summed E-state index contributed by atoms with van der Waals surface area (Å²) in [7, 11) is -2.06. The first-order valence-corrected chi connectivity index (χ1v) is 20.3. The number of aromatic nitrogens is 4. The molecule has 0 aliphatic heterocycles. The van der Waals surface area contributed by atoms with Gasteiger partial charge in [0, 0.05) is 25.4 Å². The van der Waals surface area contributed by atoms with Crippen LogP contribution in [0.1, 0.15) is 117 Å². The van der Waals surface area contributed by atoms with Gasteiger partial charge in [0.05, 0.1) is 12.4 Å². The van der Waals surface area contributed by atoms with Crippen molar-refractivity contribution in [2.24, 2.45) is 5.92 Å². The third kappa shape index (κ3) is 10.8. The van der Waals surface area contributed by atoms with Crippen LogP contribution in [-0.4, -0.2) is 46.5 Å². The van der Waals surface area contributed by atoms with Gasteiger partial charge in [0.25, 0.3) is 5.56 Å². The SMILES string of the molecule is C=C1[C@H](CO[Si](C)(C)C(C)(C)C)[C@@H](OC(=O)CCCCCCC/C=C\C/C=C\CCCCC)C[C@@H]1n1cnc2c(=O)[nH]c(N)nc21. The van der Waals surface area contributed by atoms with E-state index in [9.17, 15) is 9.59 Å². The fourth-order valence-corrected chi connectivity index (χ4v) is 6.68. The van der Waals surface area contributed by atoms with Crippen LogP contribution >= 0.6 is 0 Å². The van der Waals surface area contributed by atoms with Crippen molar-refractivity contribution in [3.05, 3.63) is 53.1 Å². The summed E-state index contributed by atoms with van der Waals surface area (Å²) in [5.41, 5.74) is 6.97. The number of hydrogen-bond donors (Lipinski definition) is 2. The first-order valence-electron chi connectivity index (χ1n) is 17.4. The number of imidazole rings is 1. The van der Waals surface area contributed by atoms with Gasteiger partial charge >= 0.3 is 5.97 Å². The molecule has 1 fully saturated rings. The smallest absolute Gasteiger partial charge is 0.306 e. The van der Waals surface area contributed by atoms with E-state index in [2.05, 4.69) is 86.6 Å².